The topological polar surface area (TPSA) is 0 Å². The lowest BCUT2D eigenvalue weighted by molar-refractivity contribution is 1.08. The van der Waals surface area contributed by atoms with E-state index in [1.807, 2.05) is 13.0 Å². The molecule has 0 saturated heterocycles. The Labute approximate surface area is 76.0 Å². The van der Waals surface area contributed by atoms with E-state index in [0.717, 1.165) is 6.42 Å². The minimum absolute atomic E-state index is 1.10. The normalized spacial score (nSPS) is 13.9. The molecule has 0 radical (unpaired) electrons. The van der Waals surface area contributed by atoms with Gasteiger partial charge >= 0.3 is 0 Å². The van der Waals surface area contributed by atoms with E-state index < -0.39 is 0 Å². The zero-order chi connectivity index (χ0) is 9.40. The molecule has 0 heterocycles. The maximum atomic E-state index is 3.64. The first-order valence-corrected chi connectivity index (χ1v) is 4.37. The quantitative estimate of drug-likeness (QED) is 0.547. The van der Waals surface area contributed by atoms with Gasteiger partial charge in [-0.1, -0.05) is 49.5 Å². The van der Waals surface area contributed by atoms with E-state index in [-0.39, 0.29) is 0 Å². The first kappa shape index (κ1) is 11.0. The zero-order valence-electron chi connectivity index (χ0n) is 8.30. The summed E-state index contributed by atoms with van der Waals surface area (Å²) in [5.41, 5.74) is 2.70. The highest BCUT2D eigenvalue weighted by atomic mass is 14.0. The third-order valence-electron chi connectivity index (χ3n) is 1.78. The van der Waals surface area contributed by atoms with E-state index in [9.17, 15) is 0 Å². The molecule has 0 atom stereocenters. The van der Waals surface area contributed by atoms with Crippen LogP contribution in [-0.4, -0.2) is 0 Å². The van der Waals surface area contributed by atoms with Crippen LogP contribution in [0.3, 0.4) is 0 Å². The first-order chi connectivity index (χ1) is 5.76. The van der Waals surface area contributed by atoms with Crippen molar-refractivity contribution in [2.75, 3.05) is 0 Å². The Hall–Kier alpha value is -1.04. The lowest BCUT2D eigenvalue weighted by Crippen LogP contribution is -1.79. The Kier molecular flexibility index (Phi) is 6.08. The SMILES string of the molecule is C=C\C=C/C(/C=C\C)=C(\C)CC. The molecule has 0 N–H and O–H groups in total. The zero-order valence-corrected chi connectivity index (χ0v) is 8.30. The van der Waals surface area contributed by atoms with Gasteiger partial charge in [-0.25, -0.2) is 0 Å². The molecule has 66 valence electrons. The summed E-state index contributed by atoms with van der Waals surface area (Å²) < 4.78 is 0. The molecule has 12 heavy (non-hydrogen) atoms. The van der Waals surface area contributed by atoms with Crippen molar-refractivity contribution in [1.82, 2.24) is 0 Å². The van der Waals surface area contributed by atoms with Crippen LogP contribution in [-0.2, 0) is 0 Å². The Morgan fingerprint density at radius 1 is 1.33 bits per heavy atom. The summed E-state index contributed by atoms with van der Waals surface area (Å²) in [6.45, 7) is 10.00. The van der Waals surface area contributed by atoms with Gasteiger partial charge in [0.2, 0.25) is 0 Å². The summed E-state index contributed by atoms with van der Waals surface area (Å²) in [5.74, 6) is 0. The van der Waals surface area contributed by atoms with Gasteiger partial charge < -0.3 is 0 Å². The molecule has 0 aliphatic heterocycles. The Morgan fingerprint density at radius 2 is 2.00 bits per heavy atom. The van der Waals surface area contributed by atoms with Crippen molar-refractivity contribution in [3.05, 3.63) is 48.1 Å². The molecule has 0 amide bonds. The van der Waals surface area contributed by atoms with E-state index in [0.29, 0.717) is 0 Å². The Balaban J connectivity index is 4.64. The molecule has 0 aromatic rings. The number of rotatable bonds is 4. The van der Waals surface area contributed by atoms with Gasteiger partial charge in [-0.3, -0.25) is 0 Å². The minimum Gasteiger partial charge on any atom is -0.0991 e. The van der Waals surface area contributed by atoms with Gasteiger partial charge in [0, 0.05) is 0 Å². The van der Waals surface area contributed by atoms with Crippen LogP contribution in [0.4, 0.5) is 0 Å². The van der Waals surface area contributed by atoms with E-state index in [1.165, 1.54) is 11.1 Å². The second-order valence-corrected chi connectivity index (χ2v) is 2.68. The van der Waals surface area contributed by atoms with E-state index in [4.69, 9.17) is 0 Å². The van der Waals surface area contributed by atoms with Gasteiger partial charge in [0.05, 0.1) is 0 Å². The molecular weight excluding hydrogens is 144 g/mol. The molecule has 0 nitrogen and oxygen atoms in total. The van der Waals surface area contributed by atoms with Gasteiger partial charge in [0.1, 0.15) is 0 Å². The van der Waals surface area contributed by atoms with Gasteiger partial charge in [-0.2, -0.15) is 0 Å². The average molecular weight is 162 g/mol. The Bertz CT molecular complexity index is 214. The molecule has 0 saturated carbocycles. The lowest BCUT2D eigenvalue weighted by atomic mass is 10.1. The monoisotopic (exact) mass is 162 g/mol. The number of hydrogen-bond acceptors (Lipinski definition) is 0. The fourth-order valence-corrected chi connectivity index (χ4v) is 0.895. The molecule has 0 heteroatoms. The molecule has 0 fully saturated rings. The van der Waals surface area contributed by atoms with Gasteiger partial charge in [-0.05, 0) is 25.8 Å². The highest BCUT2D eigenvalue weighted by Gasteiger charge is 1.90. The van der Waals surface area contributed by atoms with Crippen molar-refractivity contribution in [2.45, 2.75) is 27.2 Å². The summed E-state index contributed by atoms with van der Waals surface area (Å²) in [6.07, 6.45) is 11.1. The second-order valence-electron chi connectivity index (χ2n) is 2.68. The predicted octanol–water partition coefficient (Wildman–Crippen LogP) is 4.03. The van der Waals surface area contributed by atoms with Crippen LogP contribution < -0.4 is 0 Å². The fraction of sp³-hybridized carbons (Fsp3) is 0.333. The van der Waals surface area contributed by atoms with Crippen LogP contribution in [0.2, 0.25) is 0 Å². The molecule has 0 aliphatic rings. The predicted molar refractivity (Wildman–Crippen MR) is 57.1 cm³/mol. The summed E-state index contributed by atoms with van der Waals surface area (Å²) in [7, 11) is 0. The average Bonchev–Trinajstić information content (AvgIpc) is 2.11. The molecule has 0 rings (SSSR count). The van der Waals surface area contributed by atoms with E-state index >= 15 is 0 Å². The van der Waals surface area contributed by atoms with Crippen LogP contribution in [0, 0.1) is 0 Å². The van der Waals surface area contributed by atoms with Crippen LogP contribution >= 0.6 is 0 Å². The van der Waals surface area contributed by atoms with Crippen molar-refractivity contribution >= 4 is 0 Å². The highest BCUT2D eigenvalue weighted by Crippen LogP contribution is 2.10. The number of allylic oxidation sites excluding steroid dienone is 7. The van der Waals surface area contributed by atoms with Crippen LogP contribution in [0.5, 0.6) is 0 Å². The molecule has 0 spiro atoms. The highest BCUT2D eigenvalue weighted by molar-refractivity contribution is 5.35. The molecule has 0 aromatic heterocycles. The Morgan fingerprint density at radius 3 is 2.42 bits per heavy atom. The summed E-state index contributed by atoms with van der Waals surface area (Å²) in [4.78, 5) is 0. The maximum Gasteiger partial charge on any atom is -0.0271 e. The fourth-order valence-electron chi connectivity index (χ4n) is 0.895. The first-order valence-electron chi connectivity index (χ1n) is 4.37. The second kappa shape index (κ2) is 6.66. The molecule has 0 unspecified atom stereocenters. The number of hydrogen-bond donors (Lipinski definition) is 0. The lowest BCUT2D eigenvalue weighted by Gasteiger charge is -1.99. The standard InChI is InChI=1S/C12H18/c1-5-8-10-12(9-6-2)11(4)7-3/h5-6,8-10H,1,7H2,2-4H3/b9-6-,10-8-,12-11+. The third kappa shape index (κ3) is 3.97. The van der Waals surface area contributed by atoms with Gasteiger partial charge in [0.15, 0.2) is 0 Å². The molecule has 0 bridgehead atoms. The largest absolute Gasteiger partial charge is 0.0991 e. The molecule has 0 aliphatic carbocycles. The van der Waals surface area contributed by atoms with Crippen molar-refractivity contribution in [3.8, 4) is 0 Å². The maximum absolute atomic E-state index is 3.64. The van der Waals surface area contributed by atoms with E-state index in [1.54, 1.807) is 6.08 Å². The van der Waals surface area contributed by atoms with Crippen LogP contribution in [0.25, 0.3) is 0 Å². The van der Waals surface area contributed by atoms with Crippen molar-refractivity contribution in [2.24, 2.45) is 0 Å². The van der Waals surface area contributed by atoms with Gasteiger partial charge in [-0.15, -0.1) is 0 Å². The summed E-state index contributed by atoms with van der Waals surface area (Å²) >= 11 is 0. The van der Waals surface area contributed by atoms with Crippen molar-refractivity contribution in [3.63, 3.8) is 0 Å². The smallest absolute Gasteiger partial charge is 0.0271 e. The van der Waals surface area contributed by atoms with Crippen molar-refractivity contribution < 1.29 is 0 Å². The summed E-state index contributed by atoms with van der Waals surface area (Å²) in [5, 5.41) is 0. The van der Waals surface area contributed by atoms with Gasteiger partial charge in [0.25, 0.3) is 0 Å². The molecule has 0 aromatic carbocycles. The van der Waals surface area contributed by atoms with Crippen molar-refractivity contribution in [1.29, 1.82) is 0 Å². The van der Waals surface area contributed by atoms with Crippen LogP contribution in [0.15, 0.2) is 48.1 Å². The summed E-state index contributed by atoms with van der Waals surface area (Å²) in [6, 6.07) is 0. The van der Waals surface area contributed by atoms with Crippen LogP contribution in [0.1, 0.15) is 27.2 Å². The minimum atomic E-state index is 1.10. The third-order valence-corrected chi connectivity index (χ3v) is 1.78. The molecular formula is C12H18. The van der Waals surface area contributed by atoms with E-state index in [2.05, 4.69) is 38.7 Å².